The maximum absolute atomic E-state index is 11.3. The van der Waals surface area contributed by atoms with Crippen molar-refractivity contribution in [3.63, 3.8) is 0 Å². The summed E-state index contributed by atoms with van der Waals surface area (Å²) < 4.78 is 0. The van der Waals surface area contributed by atoms with Crippen molar-refractivity contribution in [2.45, 2.75) is 26.8 Å². The largest absolute Gasteiger partial charge is 0.343 e. The van der Waals surface area contributed by atoms with Crippen LogP contribution in [-0.4, -0.2) is 30.4 Å². The van der Waals surface area contributed by atoms with E-state index in [0.717, 1.165) is 6.54 Å². The highest BCUT2D eigenvalue weighted by molar-refractivity contribution is 5.87. The van der Waals surface area contributed by atoms with Gasteiger partial charge in [0.1, 0.15) is 0 Å². The fourth-order valence-corrected chi connectivity index (χ4v) is 0.699. The molecular formula is C10H20N2O. The van der Waals surface area contributed by atoms with Crippen molar-refractivity contribution in [1.82, 2.24) is 4.90 Å². The van der Waals surface area contributed by atoms with Gasteiger partial charge >= 0.3 is 0 Å². The van der Waals surface area contributed by atoms with Gasteiger partial charge in [0.25, 0.3) is 0 Å². The fourth-order valence-electron chi connectivity index (χ4n) is 0.699. The Labute approximate surface area is 80.6 Å². The second kappa shape index (κ2) is 5.75. The van der Waals surface area contributed by atoms with Crippen LogP contribution in [0.15, 0.2) is 12.2 Å². The molecule has 0 aromatic heterocycles. The Morgan fingerprint density at radius 1 is 1.54 bits per heavy atom. The van der Waals surface area contributed by atoms with Gasteiger partial charge in [0.05, 0.1) is 0 Å². The minimum atomic E-state index is -0.0331. The van der Waals surface area contributed by atoms with E-state index in [-0.39, 0.29) is 11.9 Å². The number of carbonyl (C=O) groups is 1. The molecule has 0 aliphatic carbocycles. The van der Waals surface area contributed by atoms with Gasteiger partial charge in [0.15, 0.2) is 0 Å². The van der Waals surface area contributed by atoms with Gasteiger partial charge in [-0.25, -0.2) is 0 Å². The summed E-state index contributed by atoms with van der Waals surface area (Å²) in [5, 5.41) is 0. The lowest BCUT2D eigenvalue weighted by Crippen LogP contribution is -2.27. The maximum atomic E-state index is 11.3. The number of carbonyl (C=O) groups excluding carboxylic acids is 1. The molecule has 1 amide bonds. The number of hydrogen-bond acceptors (Lipinski definition) is 2. The van der Waals surface area contributed by atoms with Crippen LogP contribution >= 0.6 is 0 Å². The second-order valence-corrected chi connectivity index (χ2v) is 3.53. The SMILES string of the molecule is CCN(C)C(=O)/C=C\C(N)C(C)C. The highest BCUT2D eigenvalue weighted by Gasteiger charge is 2.05. The van der Waals surface area contributed by atoms with Gasteiger partial charge in [-0.15, -0.1) is 0 Å². The van der Waals surface area contributed by atoms with E-state index < -0.39 is 0 Å². The molecule has 1 atom stereocenters. The topological polar surface area (TPSA) is 46.3 Å². The van der Waals surface area contributed by atoms with Crippen LogP contribution in [0.25, 0.3) is 0 Å². The monoisotopic (exact) mass is 184 g/mol. The van der Waals surface area contributed by atoms with Crippen LogP contribution in [0, 0.1) is 5.92 Å². The van der Waals surface area contributed by atoms with Gasteiger partial charge in [-0.1, -0.05) is 19.9 Å². The molecule has 13 heavy (non-hydrogen) atoms. The molecule has 0 fully saturated rings. The molecule has 0 bridgehead atoms. The smallest absolute Gasteiger partial charge is 0.246 e. The molecule has 0 aliphatic rings. The van der Waals surface area contributed by atoms with E-state index in [2.05, 4.69) is 0 Å². The van der Waals surface area contributed by atoms with Crippen molar-refractivity contribution < 1.29 is 4.79 Å². The summed E-state index contributed by atoms with van der Waals surface area (Å²) in [6, 6.07) is -0.0331. The number of likely N-dealkylation sites (N-methyl/N-ethyl adjacent to an activating group) is 1. The first-order valence-corrected chi connectivity index (χ1v) is 4.67. The van der Waals surface area contributed by atoms with Gasteiger partial charge in [0, 0.05) is 25.7 Å². The molecule has 0 heterocycles. The minimum absolute atomic E-state index is 0.0126. The van der Waals surface area contributed by atoms with Crippen molar-refractivity contribution in [3.05, 3.63) is 12.2 Å². The van der Waals surface area contributed by atoms with Crippen molar-refractivity contribution in [3.8, 4) is 0 Å². The predicted octanol–water partition coefficient (Wildman–Crippen LogP) is 1.00. The van der Waals surface area contributed by atoms with E-state index >= 15 is 0 Å². The lowest BCUT2D eigenvalue weighted by Gasteiger charge is -2.13. The number of hydrogen-bond donors (Lipinski definition) is 1. The summed E-state index contributed by atoms with van der Waals surface area (Å²) in [6.07, 6.45) is 3.31. The summed E-state index contributed by atoms with van der Waals surface area (Å²) in [7, 11) is 1.77. The third-order valence-corrected chi connectivity index (χ3v) is 2.08. The van der Waals surface area contributed by atoms with E-state index in [1.807, 2.05) is 20.8 Å². The van der Waals surface area contributed by atoms with E-state index in [1.54, 1.807) is 24.1 Å². The standard InChI is InChI=1S/C10H20N2O/c1-5-12(4)10(13)7-6-9(11)8(2)3/h6-9H,5,11H2,1-4H3/b7-6-. The molecule has 3 heteroatoms. The number of rotatable bonds is 4. The molecule has 0 radical (unpaired) electrons. The molecule has 76 valence electrons. The Bertz CT molecular complexity index is 187. The Balaban J connectivity index is 4.04. The number of amides is 1. The summed E-state index contributed by atoms with van der Waals surface area (Å²) in [4.78, 5) is 12.9. The quantitative estimate of drug-likeness (QED) is 0.663. The zero-order valence-electron chi connectivity index (χ0n) is 8.95. The van der Waals surface area contributed by atoms with E-state index in [4.69, 9.17) is 5.73 Å². The summed E-state index contributed by atoms with van der Waals surface area (Å²) in [5.74, 6) is 0.384. The van der Waals surface area contributed by atoms with Crippen LogP contribution < -0.4 is 5.73 Å². The van der Waals surface area contributed by atoms with E-state index in [0.29, 0.717) is 5.92 Å². The highest BCUT2D eigenvalue weighted by atomic mass is 16.2. The summed E-state index contributed by atoms with van der Waals surface area (Å²) >= 11 is 0. The molecular weight excluding hydrogens is 164 g/mol. The van der Waals surface area contributed by atoms with Crippen LogP contribution in [0.2, 0.25) is 0 Å². The molecule has 0 aromatic carbocycles. The minimum Gasteiger partial charge on any atom is -0.343 e. The lowest BCUT2D eigenvalue weighted by atomic mass is 10.1. The van der Waals surface area contributed by atoms with Crippen LogP contribution in [0.4, 0.5) is 0 Å². The first kappa shape index (κ1) is 12.2. The van der Waals surface area contributed by atoms with Crippen molar-refractivity contribution in [2.75, 3.05) is 13.6 Å². The Kier molecular flexibility index (Phi) is 5.39. The van der Waals surface area contributed by atoms with Crippen LogP contribution in [-0.2, 0) is 4.79 Å². The first-order chi connectivity index (χ1) is 5.99. The number of nitrogens with zero attached hydrogens (tertiary/aromatic N) is 1. The number of nitrogens with two attached hydrogens (primary N) is 1. The highest BCUT2D eigenvalue weighted by Crippen LogP contribution is 1.99. The molecule has 0 aromatic rings. The third-order valence-electron chi connectivity index (χ3n) is 2.08. The fraction of sp³-hybridized carbons (Fsp3) is 0.700. The van der Waals surface area contributed by atoms with Gasteiger partial charge in [-0.2, -0.15) is 0 Å². The Morgan fingerprint density at radius 3 is 2.46 bits per heavy atom. The molecule has 0 saturated heterocycles. The molecule has 0 saturated carbocycles. The molecule has 3 nitrogen and oxygen atoms in total. The molecule has 0 rings (SSSR count). The van der Waals surface area contributed by atoms with Crippen LogP contribution in [0.1, 0.15) is 20.8 Å². The maximum Gasteiger partial charge on any atom is 0.246 e. The lowest BCUT2D eigenvalue weighted by molar-refractivity contribution is -0.124. The van der Waals surface area contributed by atoms with Gasteiger partial charge in [-0.05, 0) is 12.8 Å². The molecule has 0 aliphatic heterocycles. The summed E-state index contributed by atoms with van der Waals surface area (Å²) in [6.45, 7) is 6.72. The van der Waals surface area contributed by atoms with Crippen molar-refractivity contribution in [2.24, 2.45) is 11.7 Å². The van der Waals surface area contributed by atoms with E-state index in [1.165, 1.54) is 0 Å². The van der Waals surface area contributed by atoms with Crippen LogP contribution in [0.3, 0.4) is 0 Å². The van der Waals surface area contributed by atoms with Crippen molar-refractivity contribution >= 4 is 5.91 Å². The van der Waals surface area contributed by atoms with Gasteiger partial charge in [0.2, 0.25) is 5.91 Å². The van der Waals surface area contributed by atoms with Gasteiger partial charge < -0.3 is 10.6 Å². The Morgan fingerprint density at radius 2 is 2.08 bits per heavy atom. The van der Waals surface area contributed by atoms with Crippen molar-refractivity contribution in [1.29, 1.82) is 0 Å². The Hall–Kier alpha value is -0.830. The zero-order valence-corrected chi connectivity index (χ0v) is 8.95. The normalized spacial score (nSPS) is 13.7. The predicted molar refractivity (Wildman–Crippen MR) is 55.3 cm³/mol. The second-order valence-electron chi connectivity index (χ2n) is 3.53. The average Bonchev–Trinajstić information content (AvgIpc) is 2.11. The molecule has 1 unspecified atom stereocenters. The summed E-state index contributed by atoms with van der Waals surface area (Å²) in [5.41, 5.74) is 5.75. The van der Waals surface area contributed by atoms with Gasteiger partial charge in [-0.3, -0.25) is 4.79 Å². The van der Waals surface area contributed by atoms with E-state index in [9.17, 15) is 4.79 Å². The third kappa shape index (κ3) is 4.68. The average molecular weight is 184 g/mol. The molecule has 0 spiro atoms. The molecule has 2 N–H and O–H groups in total. The first-order valence-electron chi connectivity index (χ1n) is 4.67. The zero-order chi connectivity index (χ0) is 10.4. The van der Waals surface area contributed by atoms with Crippen LogP contribution in [0.5, 0.6) is 0 Å².